The topological polar surface area (TPSA) is 38.7 Å². The third-order valence-electron chi connectivity index (χ3n) is 3.22. The van der Waals surface area contributed by atoms with Crippen molar-refractivity contribution in [2.24, 2.45) is 0 Å². The van der Waals surface area contributed by atoms with Crippen molar-refractivity contribution in [3.8, 4) is 11.5 Å². The van der Waals surface area contributed by atoms with Gasteiger partial charge in [0.1, 0.15) is 5.82 Å². The fourth-order valence-corrected chi connectivity index (χ4v) is 2.69. The summed E-state index contributed by atoms with van der Waals surface area (Å²) in [6, 6.07) is 9.74. The maximum atomic E-state index is 13.1. The number of para-hydroxylation sites is 1. The summed E-state index contributed by atoms with van der Waals surface area (Å²) >= 11 is 3.30. The van der Waals surface area contributed by atoms with Crippen LogP contribution in [0, 0.1) is 5.82 Å². The summed E-state index contributed by atoms with van der Waals surface area (Å²) in [5, 5.41) is 10.4. The lowest BCUT2D eigenvalue weighted by atomic mass is 10.00. The molecule has 3 nitrogen and oxygen atoms in total. The Morgan fingerprint density at radius 2 is 1.95 bits per heavy atom. The molecule has 2 rings (SSSR count). The normalized spacial score (nSPS) is 12.0. The first kappa shape index (κ1) is 15.8. The van der Waals surface area contributed by atoms with Crippen LogP contribution >= 0.6 is 15.9 Å². The van der Waals surface area contributed by atoms with Crippen LogP contribution in [0.25, 0.3) is 0 Å². The lowest BCUT2D eigenvalue weighted by Crippen LogP contribution is -2.06. The van der Waals surface area contributed by atoms with Gasteiger partial charge < -0.3 is 14.6 Å². The number of rotatable bonds is 5. The molecule has 0 fully saturated rings. The molecule has 1 unspecified atom stereocenters. The van der Waals surface area contributed by atoms with Crippen LogP contribution < -0.4 is 9.47 Å². The second kappa shape index (κ2) is 6.91. The van der Waals surface area contributed by atoms with Crippen molar-refractivity contribution in [1.29, 1.82) is 0 Å². The number of aliphatic hydroxyl groups excluding tert-OH is 1. The van der Waals surface area contributed by atoms with Crippen molar-refractivity contribution in [2.75, 3.05) is 14.2 Å². The third-order valence-corrected chi connectivity index (χ3v) is 3.96. The standard InChI is InChI=1S/C16H16BrFO3/c1-20-15-5-3-4-12(16(15)21-2)14(19)8-10-6-7-11(18)9-13(10)17/h3-7,9,14,19H,8H2,1-2H3. The number of aliphatic hydroxyl groups is 1. The Balaban J connectivity index is 2.30. The molecule has 0 radical (unpaired) electrons. The molecule has 0 heterocycles. The van der Waals surface area contributed by atoms with Gasteiger partial charge >= 0.3 is 0 Å². The lowest BCUT2D eigenvalue weighted by Gasteiger charge is -2.17. The molecule has 0 aliphatic heterocycles. The van der Waals surface area contributed by atoms with Gasteiger partial charge in [0.2, 0.25) is 0 Å². The van der Waals surface area contributed by atoms with Gasteiger partial charge in [-0.15, -0.1) is 0 Å². The van der Waals surface area contributed by atoms with E-state index < -0.39 is 6.10 Å². The predicted molar refractivity (Wildman–Crippen MR) is 82.3 cm³/mol. The molecule has 1 atom stereocenters. The monoisotopic (exact) mass is 354 g/mol. The van der Waals surface area contributed by atoms with E-state index in [0.717, 1.165) is 5.56 Å². The Morgan fingerprint density at radius 3 is 2.57 bits per heavy atom. The molecule has 112 valence electrons. The van der Waals surface area contributed by atoms with E-state index in [-0.39, 0.29) is 5.82 Å². The minimum atomic E-state index is -0.781. The maximum Gasteiger partial charge on any atom is 0.166 e. The van der Waals surface area contributed by atoms with E-state index in [2.05, 4.69) is 15.9 Å². The number of hydrogen-bond acceptors (Lipinski definition) is 3. The molecule has 21 heavy (non-hydrogen) atoms. The first-order valence-electron chi connectivity index (χ1n) is 6.39. The molecule has 2 aromatic rings. The molecule has 0 spiro atoms. The molecule has 0 aliphatic carbocycles. The Bertz CT molecular complexity index is 631. The SMILES string of the molecule is COc1cccc(C(O)Cc2ccc(F)cc2Br)c1OC. The molecule has 0 bridgehead atoms. The third kappa shape index (κ3) is 3.54. The van der Waals surface area contributed by atoms with Crippen molar-refractivity contribution in [1.82, 2.24) is 0 Å². The van der Waals surface area contributed by atoms with E-state index in [1.807, 2.05) is 0 Å². The predicted octanol–water partition coefficient (Wildman–Crippen LogP) is 3.88. The van der Waals surface area contributed by atoms with Gasteiger partial charge in [-0.25, -0.2) is 4.39 Å². The van der Waals surface area contributed by atoms with Crippen LogP contribution in [0.15, 0.2) is 40.9 Å². The van der Waals surface area contributed by atoms with Crippen LogP contribution in [-0.4, -0.2) is 19.3 Å². The summed E-state index contributed by atoms with van der Waals surface area (Å²) in [4.78, 5) is 0. The summed E-state index contributed by atoms with van der Waals surface area (Å²) < 4.78 is 24.3. The van der Waals surface area contributed by atoms with E-state index in [9.17, 15) is 9.50 Å². The summed E-state index contributed by atoms with van der Waals surface area (Å²) in [7, 11) is 3.08. The average Bonchev–Trinajstić information content (AvgIpc) is 2.49. The number of hydrogen-bond donors (Lipinski definition) is 1. The second-order valence-electron chi connectivity index (χ2n) is 4.54. The fraction of sp³-hybridized carbons (Fsp3) is 0.250. The van der Waals surface area contributed by atoms with Crippen molar-refractivity contribution < 1.29 is 19.0 Å². The molecule has 1 N–H and O–H groups in total. The Labute approximate surface area is 131 Å². The van der Waals surface area contributed by atoms with Gasteiger partial charge in [-0.05, 0) is 23.8 Å². The summed E-state index contributed by atoms with van der Waals surface area (Å²) in [6.07, 6.45) is -0.443. The van der Waals surface area contributed by atoms with Crippen molar-refractivity contribution in [2.45, 2.75) is 12.5 Å². The highest BCUT2D eigenvalue weighted by Gasteiger charge is 2.18. The highest BCUT2D eigenvalue weighted by atomic mass is 79.9. The minimum Gasteiger partial charge on any atom is -0.493 e. The number of ether oxygens (including phenoxy) is 2. The van der Waals surface area contributed by atoms with Crippen molar-refractivity contribution >= 4 is 15.9 Å². The zero-order chi connectivity index (χ0) is 15.4. The molecule has 2 aromatic carbocycles. The van der Waals surface area contributed by atoms with E-state index >= 15 is 0 Å². The average molecular weight is 355 g/mol. The van der Waals surface area contributed by atoms with Crippen LogP contribution in [0.3, 0.4) is 0 Å². The lowest BCUT2D eigenvalue weighted by molar-refractivity contribution is 0.172. The maximum absolute atomic E-state index is 13.1. The quantitative estimate of drug-likeness (QED) is 0.885. The van der Waals surface area contributed by atoms with Crippen LogP contribution in [0.4, 0.5) is 4.39 Å². The number of benzene rings is 2. The van der Waals surface area contributed by atoms with Gasteiger partial charge in [-0.3, -0.25) is 0 Å². The zero-order valence-electron chi connectivity index (χ0n) is 11.8. The van der Waals surface area contributed by atoms with Gasteiger partial charge in [0, 0.05) is 16.5 Å². The van der Waals surface area contributed by atoms with E-state index in [1.54, 1.807) is 31.4 Å². The minimum absolute atomic E-state index is 0.320. The van der Waals surface area contributed by atoms with Crippen molar-refractivity contribution in [3.63, 3.8) is 0 Å². The molecular weight excluding hydrogens is 339 g/mol. The van der Waals surface area contributed by atoms with Gasteiger partial charge in [-0.2, -0.15) is 0 Å². The van der Waals surface area contributed by atoms with Crippen molar-refractivity contribution in [3.05, 3.63) is 57.8 Å². The van der Waals surface area contributed by atoms with E-state index in [4.69, 9.17) is 9.47 Å². The van der Waals surface area contributed by atoms with Crippen LogP contribution in [-0.2, 0) is 6.42 Å². The Hall–Kier alpha value is -1.59. The van der Waals surface area contributed by atoms with Gasteiger partial charge in [0.25, 0.3) is 0 Å². The second-order valence-corrected chi connectivity index (χ2v) is 5.39. The molecule has 0 amide bonds. The highest BCUT2D eigenvalue weighted by Crippen LogP contribution is 2.36. The van der Waals surface area contributed by atoms with Crippen LogP contribution in [0.2, 0.25) is 0 Å². The first-order chi connectivity index (χ1) is 10.1. The molecule has 0 saturated heterocycles. The van der Waals surface area contributed by atoms with Crippen LogP contribution in [0.1, 0.15) is 17.2 Å². The van der Waals surface area contributed by atoms with Gasteiger partial charge in [0.05, 0.1) is 20.3 Å². The summed E-state index contributed by atoms with van der Waals surface area (Å²) in [5.74, 6) is 0.747. The molecule has 0 aromatic heterocycles. The number of halogens is 2. The fourth-order valence-electron chi connectivity index (χ4n) is 2.18. The van der Waals surface area contributed by atoms with E-state index in [0.29, 0.717) is 28.0 Å². The van der Waals surface area contributed by atoms with E-state index in [1.165, 1.54) is 19.2 Å². The molecule has 0 aliphatic rings. The highest BCUT2D eigenvalue weighted by molar-refractivity contribution is 9.10. The smallest absolute Gasteiger partial charge is 0.166 e. The summed E-state index contributed by atoms with van der Waals surface area (Å²) in [6.45, 7) is 0. The summed E-state index contributed by atoms with van der Waals surface area (Å²) in [5.41, 5.74) is 1.45. The Morgan fingerprint density at radius 1 is 1.19 bits per heavy atom. The first-order valence-corrected chi connectivity index (χ1v) is 7.19. The molecule has 5 heteroatoms. The van der Waals surface area contributed by atoms with Gasteiger partial charge in [-0.1, -0.05) is 34.1 Å². The number of methoxy groups -OCH3 is 2. The zero-order valence-corrected chi connectivity index (χ0v) is 13.4. The van der Waals surface area contributed by atoms with Crippen LogP contribution in [0.5, 0.6) is 11.5 Å². The molecular formula is C16H16BrFO3. The largest absolute Gasteiger partial charge is 0.493 e. The Kier molecular flexibility index (Phi) is 5.20. The van der Waals surface area contributed by atoms with Gasteiger partial charge in [0.15, 0.2) is 11.5 Å². The molecule has 0 saturated carbocycles.